The zero-order valence-corrected chi connectivity index (χ0v) is 19.7. The molecule has 1 saturated carbocycles. The number of hydrogen-bond donors (Lipinski definition) is 0. The van der Waals surface area contributed by atoms with Crippen molar-refractivity contribution in [3.63, 3.8) is 0 Å². The van der Waals surface area contributed by atoms with Gasteiger partial charge in [-0.05, 0) is 45.7 Å². The smallest absolute Gasteiger partial charge is 0.351 e. The minimum atomic E-state index is -1.22. The number of hydrogen-bond acceptors (Lipinski definition) is 9. The number of rotatable bonds is 4. The summed E-state index contributed by atoms with van der Waals surface area (Å²) >= 11 is 0. The molecule has 2 aromatic rings. The molecule has 4 atom stereocenters. The third kappa shape index (κ3) is 4.10. The Bertz CT molecular complexity index is 1200. The van der Waals surface area contributed by atoms with Gasteiger partial charge in [-0.3, -0.25) is 19.4 Å². The number of nitrogens with zero attached hydrogens (tertiary/aromatic N) is 1. The molecule has 2 aromatic heterocycles. The van der Waals surface area contributed by atoms with Crippen molar-refractivity contribution in [2.24, 2.45) is 11.8 Å². The van der Waals surface area contributed by atoms with Gasteiger partial charge in [0.25, 0.3) is 0 Å². The van der Waals surface area contributed by atoms with Gasteiger partial charge in [0.05, 0.1) is 5.92 Å². The van der Waals surface area contributed by atoms with Crippen molar-refractivity contribution in [2.75, 3.05) is 0 Å². The van der Waals surface area contributed by atoms with Crippen LogP contribution >= 0.6 is 0 Å². The van der Waals surface area contributed by atoms with Gasteiger partial charge in [0.1, 0.15) is 28.8 Å². The van der Waals surface area contributed by atoms with Crippen LogP contribution in [0.3, 0.4) is 0 Å². The predicted molar refractivity (Wildman–Crippen MR) is 119 cm³/mol. The van der Waals surface area contributed by atoms with E-state index in [0.717, 1.165) is 0 Å². The van der Waals surface area contributed by atoms with Crippen LogP contribution in [0.4, 0.5) is 0 Å². The number of carbonyl (C=O) groups excluding carboxylic acids is 3. The van der Waals surface area contributed by atoms with E-state index < -0.39 is 46.6 Å². The molecule has 0 bridgehead atoms. The van der Waals surface area contributed by atoms with E-state index in [4.69, 9.17) is 18.6 Å². The van der Waals surface area contributed by atoms with Crippen LogP contribution in [0.1, 0.15) is 57.8 Å². The zero-order valence-electron chi connectivity index (χ0n) is 19.7. The molecule has 2 aliphatic rings. The first-order valence-electron chi connectivity index (χ1n) is 11.1. The van der Waals surface area contributed by atoms with E-state index in [-0.39, 0.29) is 29.4 Å². The van der Waals surface area contributed by atoms with E-state index >= 15 is 0 Å². The number of carbonyl (C=O) groups is 3. The van der Waals surface area contributed by atoms with Gasteiger partial charge in [-0.2, -0.15) is 0 Å². The standard InChI is InChI=1S/C25H27NO8/c1-13(27)31-20-10-16(24(3,4)33-14(2)28)9-17-22(29)21-19(34-25(17,20)5)11-18(32-23(21)30)15-7-6-8-26-12-15/h6-8,11-12,16-17,20H,9-10H2,1-5H3. The highest BCUT2D eigenvalue weighted by molar-refractivity contribution is 6.02. The number of Topliss-reactive ketones (excluding diaryl/α,β-unsaturated/α-hetero) is 1. The van der Waals surface area contributed by atoms with Crippen molar-refractivity contribution in [2.45, 2.75) is 64.8 Å². The van der Waals surface area contributed by atoms with Gasteiger partial charge in [0.2, 0.25) is 0 Å². The quantitative estimate of drug-likeness (QED) is 0.620. The van der Waals surface area contributed by atoms with Crippen LogP contribution in [0, 0.1) is 11.8 Å². The molecule has 4 rings (SSSR count). The van der Waals surface area contributed by atoms with Crippen LogP contribution in [0.25, 0.3) is 11.3 Å². The molecular formula is C25H27NO8. The van der Waals surface area contributed by atoms with Gasteiger partial charge in [-0.25, -0.2) is 4.79 Å². The second kappa shape index (κ2) is 8.38. The second-order valence-corrected chi connectivity index (χ2v) is 9.55. The molecule has 0 N–H and O–H groups in total. The SMILES string of the molecule is CC(=O)OC1CC(C(C)(C)OC(C)=O)CC2C(=O)c3c(cc(-c4cccnc4)oc3=O)OC12C. The lowest BCUT2D eigenvalue weighted by Crippen LogP contribution is -2.63. The molecular weight excluding hydrogens is 442 g/mol. The minimum Gasteiger partial charge on any atom is -0.482 e. The Kier molecular flexibility index (Phi) is 5.83. The van der Waals surface area contributed by atoms with Crippen molar-refractivity contribution < 1.29 is 33.0 Å². The maximum Gasteiger partial charge on any atom is 0.351 e. The fourth-order valence-corrected chi connectivity index (χ4v) is 5.06. The van der Waals surface area contributed by atoms with E-state index in [1.54, 1.807) is 39.1 Å². The predicted octanol–water partition coefficient (Wildman–Crippen LogP) is 3.34. The van der Waals surface area contributed by atoms with Crippen molar-refractivity contribution in [1.82, 2.24) is 4.98 Å². The van der Waals surface area contributed by atoms with E-state index in [1.165, 1.54) is 26.1 Å². The maximum atomic E-state index is 13.7. The summed E-state index contributed by atoms with van der Waals surface area (Å²) in [6.07, 6.45) is 2.90. The zero-order chi connectivity index (χ0) is 24.8. The topological polar surface area (TPSA) is 122 Å². The highest BCUT2D eigenvalue weighted by atomic mass is 16.6. The molecule has 0 spiro atoms. The number of pyridine rings is 1. The average Bonchev–Trinajstić information content (AvgIpc) is 2.73. The van der Waals surface area contributed by atoms with Gasteiger partial charge < -0.3 is 18.6 Å². The molecule has 1 aliphatic heterocycles. The first-order chi connectivity index (χ1) is 15.9. The average molecular weight is 469 g/mol. The summed E-state index contributed by atoms with van der Waals surface area (Å²) in [4.78, 5) is 54.2. The fourth-order valence-electron chi connectivity index (χ4n) is 5.06. The highest BCUT2D eigenvalue weighted by Crippen LogP contribution is 2.50. The normalized spacial score (nSPS) is 26.0. The van der Waals surface area contributed by atoms with Crippen LogP contribution in [0.5, 0.6) is 5.75 Å². The third-order valence-corrected chi connectivity index (χ3v) is 6.80. The summed E-state index contributed by atoms with van der Waals surface area (Å²) in [5.74, 6) is -2.28. The van der Waals surface area contributed by atoms with Gasteiger partial charge in [0, 0.05) is 43.8 Å². The molecule has 180 valence electrons. The lowest BCUT2D eigenvalue weighted by atomic mass is 9.62. The summed E-state index contributed by atoms with van der Waals surface area (Å²) in [6.45, 7) is 7.81. The minimum absolute atomic E-state index is 0.0775. The van der Waals surface area contributed by atoms with Crippen LogP contribution in [-0.4, -0.2) is 40.0 Å². The Morgan fingerprint density at radius 3 is 2.53 bits per heavy atom. The van der Waals surface area contributed by atoms with E-state index in [9.17, 15) is 19.2 Å². The monoisotopic (exact) mass is 469 g/mol. The molecule has 9 nitrogen and oxygen atoms in total. The Morgan fingerprint density at radius 2 is 1.91 bits per heavy atom. The van der Waals surface area contributed by atoms with Crippen LogP contribution in [0.2, 0.25) is 0 Å². The number of ether oxygens (including phenoxy) is 3. The molecule has 9 heteroatoms. The summed E-state index contributed by atoms with van der Waals surface area (Å²) in [5.41, 5.74) is -2.59. The van der Waals surface area contributed by atoms with E-state index in [1.807, 2.05) is 0 Å². The lowest BCUT2D eigenvalue weighted by Gasteiger charge is -2.52. The number of aromatic nitrogens is 1. The molecule has 0 radical (unpaired) electrons. The van der Waals surface area contributed by atoms with Crippen molar-refractivity contribution in [3.8, 4) is 17.1 Å². The summed E-state index contributed by atoms with van der Waals surface area (Å²) in [5, 5.41) is 0. The van der Waals surface area contributed by atoms with Gasteiger partial charge >= 0.3 is 17.6 Å². The number of ketones is 1. The molecule has 34 heavy (non-hydrogen) atoms. The molecule has 1 fully saturated rings. The van der Waals surface area contributed by atoms with Crippen molar-refractivity contribution >= 4 is 17.7 Å². The Morgan fingerprint density at radius 1 is 1.18 bits per heavy atom. The van der Waals surface area contributed by atoms with Crippen LogP contribution in [0.15, 0.2) is 39.8 Å². The van der Waals surface area contributed by atoms with Gasteiger partial charge in [-0.15, -0.1) is 0 Å². The highest BCUT2D eigenvalue weighted by Gasteiger charge is 2.59. The Labute approximate surface area is 196 Å². The Hall–Kier alpha value is -3.49. The molecule has 0 aromatic carbocycles. The molecule has 3 heterocycles. The number of esters is 2. The van der Waals surface area contributed by atoms with Crippen LogP contribution in [-0.2, 0) is 19.1 Å². The molecule has 0 amide bonds. The van der Waals surface area contributed by atoms with Crippen molar-refractivity contribution in [1.29, 1.82) is 0 Å². The van der Waals surface area contributed by atoms with Crippen molar-refractivity contribution in [3.05, 3.63) is 46.6 Å². The third-order valence-electron chi connectivity index (χ3n) is 6.80. The fraction of sp³-hybridized carbons (Fsp3) is 0.480. The first kappa shape index (κ1) is 23.7. The molecule has 1 aliphatic carbocycles. The summed E-state index contributed by atoms with van der Waals surface area (Å²) < 4.78 is 22.9. The summed E-state index contributed by atoms with van der Waals surface area (Å²) in [7, 11) is 0. The number of fused-ring (bicyclic) bond motifs is 2. The second-order valence-electron chi connectivity index (χ2n) is 9.55. The summed E-state index contributed by atoms with van der Waals surface area (Å²) in [6, 6.07) is 4.91. The molecule has 4 unspecified atom stereocenters. The largest absolute Gasteiger partial charge is 0.482 e. The van der Waals surface area contributed by atoms with Gasteiger partial charge in [-0.1, -0.05) is 0 Å². The lowest BCUT2D eigenvalue weighted by molar-refractivity contribution is -0.188. The maximum absolute atomic E-state index is 13.7. The van der Waals surface area contributed by atoms with Crippen LogP contribution < -0.4 is 10.4 Å². The Balaban J connectivity index is 1.79. The first-order valence-corrected chi connectivity index (χ1v) is 11.1. The van der Waals surface area contributed by atoms with E-state index in [0.29, 0.717) is 12.0 Å². The van der Waals surface area contributed by atoms with E-state index in [2.05, 4.69) is 4.98 Å². The molecule has 0 saturated heterocycles. The van der Waals surface area contributed by atoms with Gasteiger partial charge in [0.15, 0.2) is 11.4 Å².